The number of rotatable bonds is 1. The Morgan fingerprint density at radius 1 is 1.18 bits per heavy atom. The van der Waals surface area contributed by atoms with E-state index in [-0.39, 0.29) is 5.92 Å². The van der Waals surface area contributed by atoms with Gasteiger partial charge in [0.15, 0.2) is 0 Å². The van der Waals surface area contributed by atoms with E-state index in [9.17, 15) is 18.0 Å². The molecule has 1 heterocycles. The van der Waals surface area contributed by atoms with E-state index in [2.05, 4.69) is 5.32 Å². The van der Waals surface area contributed by atoms with Crippen molar-refractivity contribution in [3.05, 3.63) is 0 Å². The number of nitrogens with one attached hydrogen (secondary N) is 1. The van der Waals surface area contributed by atoms with Crippen LogP contribution in [0.5, 0.6) is 0 Å². The molecule has 0 aromatic rings. The second-order valence-electron chi connectivity index (χ2n) is 4.35. The largest absolute Gasteiger partial charge is 0.490 e. The lowest BCUT2D eigenvalue weighted by molar-refractivity contribution is -0.192. The van der Waals surface area contributed by atoms with Crippen LogP contribution in [0.2, 0.25) is 0 Å². The van der Waals surface area contributed by atoms with Crippen molar-refractivity contribution in [1.82, 2.24) is 5.32 Å². The van der Waals surface area contributed by atoms with Gasteiger partial charge in [-0.25, -0.2) is 4.79 Å². The topological polar surface area (TPSA) is 86.6 Å². The highest BCUT2D eigenvalue weighted by molar-refractivity contribution is 5.73. The normalized spacial score (nSPS) is 21.8. The van der Waals surface area contributed by atoms with Crippen molar-refractivity contribution in [3.8, 4) is 0 Å². The lowest BCUT2D eigenvalue weighted by Gasteiger charge is -2.52. The third kappa shape index (κ3) is 3.32. The summed E-state index contributed by atoms with van der Waals surface area (Å²) in [6.07, 6.45) is -3.29. The third-order valence-electron chi connectivity index (χ3n) is 2.95. The Bertz CT molecular complexity index is 317. The summed E-state index contributed by atoms with van der Waals surface area (Å²) in [6, 6.07) is 0. The van der Waals surface area contributed by atoms with Crippen LogP contribution in [0.15, 0.2) is 0 Å². The molecule has 5 nitrogen and oxygen atoms in total. The highest BCUT2D eigenvalue weighted by Crippen LogP contribution is 2.48. The molecule has 2 rings (SSSR count). The van der Waals surface area contributed by atoms with Gasteiger partial charge < -0.3 is 15.5 Å². The summed E-state index contributed by atoms with van der Waals surface area (Å²) in [4.78, 5) is 19.3. The summed E-state index contributed by atoms with van der Waals surface area (Å²) in [6.45, 7) is 2.08. The summed E-state index contributed by atoms with van der Waals surface area (Å²) in [5, 5.41) is 18.9. The first-order valence-corrected chi connectivity index (χ1v) is 4.90. The van der Waals surface area contributed by atoms with Crippen LogP contribution in [0.1, 0.15) is 12.8 Å². The fraction of sp³-hybridized carbons (Fsp3) is 0.778. The zero-order valence-corrected chi connectivity index (χ0v) is 8.75. The number of carbonyl (C=O) groups is 2. The molecule has 1 saturated carbocycles. The van der Waals surface area contributed by atoms with E-state index in [1.807, 2.05) is 0 Å². The zero-order chi connectivity index (χ0) is 13.3. The van der Waals surface area contributed by atoms with E-state index < -0.39 is 18.1 Å². The van der Waals surface area contributed by atoms with Crippen molar-refractivity contribution in [2.45, 2.75) is 19.0 Å². The van der Waals surface area contributed by atoms with Crippen LogP contribution in [-0.2, 0) is 9.59 Å². The lowest BCUT2D eigenvalue weighted by Crippen LogP contribution is -2.61. The van der Waals surface area contributed by atoms with Crippen LogP contribution in [0.25, 0.3) is 0 Å². The van der Waals surface area contributed by atoms with Crippen LogP contribution in [-0.4, -0.2) is 41.4 Å². The molecular weight excluding hydrogens is 243 g/mol. The average Bonchev–Trinajstić information content (AvgIpc) is 1.96. The predicted octanol–water partition coefficient (Wildman–Crippen LogP) is 0.704. The van der Waals surface area contributed by atoms with Crippen LogP contribution in [0, 0.1) is 11.3 Å². The van der Waals surface area contributed by atoms with Gasteiger partial charge in [-0.2, -0.15) is 13.2 Å². The number of hydrogen-bond donors (Lipinski definition) is 3. The van der Waals surface area contributed by atoms with E-state index in [1.54, 1.807) is 0 Å². The van der Waals surface area contributed by atoms with Crippen LogP contribution < -0.4 is 5.32 Å². The van der Waals surface area contributed by atoms with Crippen LogP contribution >= 0.6 is 0 Å². The number of halogens is 3. The third-order valence-corrected chi connectivity index (χ3v) is 2.95. The Hall–Kier alpha value is -1.31. The van der Waals surface area contributed by atoms with Gasteiger partial charge in [-0.15, -0.1) is 0 Å². The van der Waals surface area contributed by atoms with Gasteiger partial charge in [-0.05, 0) is 18.3 Å². The van der Waals surface area contributed by atoms with E-state index in [0.717, 1.165) is 25.9 Å². The fourth-order valence-corrected chi connectivity index (χ4v) is 1.93. The predicted molar refractivity (Wildman–Crippen MR) is 49.4 cm³/mol. The molecule has 1 aliphatic carbocycles. The fourth-order valence-electron chi connectivity index (χ4n) is 1.93. The minimum atomic E-state index is -5.08. The van der Waals surface area contributed by atoms with Gasteiger partial charge in [0.05, 0.1) is 5.92 Å². The monoisotopic (exact) mass is 255 g/mol. The van der Waals surface area contributed by atoms with Crippen molar-refractivity contribution in [2.24, 2.45) is 11.3 Å². The van der Waals surface area contributed by atoms with Crippen molar-refractivity contribution in [3.63, 3.8) is 0 Å². The molecule has 1 aliphatic heterocycles. The molecule has 0 bridgehead atoms. The van der Waals surface area contributed by atoms with Gasteiger partial charge >= 0.3 is 18.1 Å². The van der Waals surface area contributed by atoms with E-state index in [1.165, 1.54) is 0 Å². The average molecular weight is 255 g/mol. The molecule has 2 fully saturated rings. The quantitative estimate of drug-likeness (QED) is 0.642. The lowest BCUT2D eigenvalue weighted by atomic mass is 9.59. The minimum absolute atomic E-state index is 0.0397. The first-order chi connectivity index (χ1) is 7.66. The molecule has 8 heteroatoms. The molecular formula is C9H12F3NO4. The second kappa shape index (κ2) is 4.52. The summed E-state index contributed by atoms with van der Waals surface area (Å²) in [5.41, 5.74) is 0.406. The number of carboxylic acids is 2. The van der Waals surface area contributed by atoms with Gasteiger partial charge in [0.2, 0.25) is 0 Å². The molecule has 1 spiro atoms. The first kappa shape index (κ1) is 13.8. The smallest absolute Gasteiger partial charge is 0.481 e. The highest BCUT2D eigenvalue weighted by atomic mass is 19.4. The summed E-state index contributed by atoms with van der Waals surface area (Å²) in [5.74, 6) is -3.41. The molecule has 3 N–H and O–H groups in total. The zero-order valence-electron chi connectivity index (χ0n) is 8.75. The van der Waals surface area contributed by atoms with E-state index >= 15 is 0 Å². The SMILES string of the molecule is O=C(O)C(F)(F)F.O=C(O)C1CC2(CNC2)C1. The Labute approximate surface area is 94.6 Å². The second-order valence-corrected chi connectivity index (χ2v) is 4.35. The molecule has 0 amide bonds. The molecule has 0 aromatic heterocycles. The van der Waals surface area contributed by atoms with Gasteiger partial charge in [0, 0.05) is 13.1 Å². The van der Waals surface area contributed by atoms with E-state index in [4.69, 9.17) is 15.0 Å². The van der Waals surface area contributed by atoms with E-state index in [0.29, 0.717) is 5.41 Å². The summed E-state index contributed by atoms with van der Waals surface area (Å²) in [7, 11) is 0. The van der Waals surface area contributed by atoms with Crippen molar-refractivity contribution >= 4 is 11.9 Å². The number of alkyl halides is 3. The van der Waals surface area contributed by atoms with Crippen molar-refractivity contribution in [1.29, 1.82) is 0 Å². The Morgan fingerprint density at radius 2 is 1.59 bits per heavy atom. The Kier molecular flexibility index (Phi) is 3.65. The Morgan fingerprint density at radius 3 is 1.76 bits per heavy atom. The molecule has 0 aromatic carbocycles. The standard InChI is InChI=1S/C7H11NO2.C2HF3O2/c9-6(10)5-1-7(2-5)3-8-4-7;3-2(4,5)1(6)7/h5,8H,1-4H2,(H,9,10);(H,6,7). The van der Waals surface area contributed by atoms with Gasteiger partial charge in [0.1, 0.15) is 0 Å². The Balaban J connectivity index is 0.000000185. The molecule has 0 unspecified atom stereocenters. The minimum Gasteiger partial charge on any atom is -0.481 e. The molecule has 17 heavy (non-hydrogen) atoms. The first-order valence-electron chi connectivity index (χ1n) is 4.90. The van der Waals surface area contributed by atoms with Gasteiger partial charge in [0.25, 0.3) is 0 Å². The van der Waals surface area contributed by atoms with Crippen LogP contribution in [0.4, 0.5) is 13.2 Å². The number of aliphatic carboxylic acids is 2. The molecule has 2 aliphatic rings. The maximum atomic E-state index is 10.6. The van der Waals surface area contributed by atoms with Gasteiger partial charge in [-0.1, -0.05) is 0 Å². The van der Waals surface area contributed by atoms with Crippen molar-refractivity contribution < 1.29 is 33.0 Å². The van der Waals surface area contributed by atoms with Gasteiger partial charge in [-0.3, -0.25) is 4.79 Å². The maximum Gasteiger partial charge on any atom is 0.490 e. The molecule has 0 atom stereocenters. The molecule has 0 radical (unpaired) electrons. The maximum absolute atomic E-state index is 10.6. The molecule has 1 saturated heterocycles. The number of hydrogen-bond acceptors (Lipinski definition) is 3. The molecule has 98 valence electrons. The van der Waals surface area contributed by atoms with Crippen molar-refractivity contribution in [2.75, 3.05) is 13.1 Å². The highest BCUT2D eigenvalue weighted by Gasteiger charge is 2.50. The number of carboxylic acid groups (broad SMARTS) is 2. The van der Waals surface area contributed by atoms with Crippen LogP contribution in [0.3, 0.4) is 0 Å². The summed E-state index contributed by atoms with van der Waals surface area (Å²) >= 11 is 0. The summed E-state index contributed by atoms with van der Waals surface area (Å²) < 4.78 is 31.7.